The Morgan fingerprint density at radius 3 is 2.50 bits per heavy atom. The van der Waals surface area contributed by atoms with Crippen LogP contribution >= 0.6 is 0 Å². The molecule has 0 fully saturated rings. The van der Waals surface area contributed by atoms with Crippen LogP contribution in [0.25, 0.3) is 0 Å². The molecule has 0 aromatic heterocycles. The average Bonchev–Trinajstić information content (AvgIpc) is 2.00. The first-order valence-electron chi connectivity index (χ1n) is 4.04. The summed E-state index contributed by atoms with van der Waals surface area (Å²) in [6.45, 7) is 4.31. The van der Waals surface area contributed by atoms with E-state index in [4.69, 9.17) is 0 Å². The first-order chi connectivity index (χ1) is 5.54. The number of hydrogen-bond donors (Lipinski definition) is 0. The molecule has 0 N–H and O–H groups in total. The molecule has 0 aromatic carbocycles. The van der Waals surface area contributed by atoms with Crippen molar-refractivity contribution < 1.29 is 5.21 Å². The molecule has 0 saturated heterocycles. The summed E-state index contributed by atoms with van der Waals surface area (Å²) < 4.78 is 0. The molecule has 1 rings (SSSR count). The number of nitrogens with zero attached hydrogens (tertiary/aromatic N) is 2. The van der Waals surface area contributed by atoms with Crippen molar-refractivity contribution in [3.63, 3.8) is 0 Å². The summed E-state index contributed by atoms with van der Waals surface area (Å²) in [6, 6.07) is 0. The number of rotatable bonds is 1. The molecule has 12 heavy (non-hydrogen) atoms. The molecule has 1 heterocycles. The van der Waals surface area contributed by atoms with Crippen LogP contribution in [0, 0.1) is 0 Å². The number of allylic oxidation sites excluding steroid dienone is 2. The van der Waals surface area contributed by atoms with Crippen LogP contribution in [0.2, 0.25) is 0 Å². The zero-order valence-electron chi connectivity index (χ0n) is 8.09. The fraction of sp³-hybridized carbons (Fsp3) is 0.556. The summed E-state index contributed by atoms with van der Waals surface area (Å²) in [6.07, 6.45) is 1.95. The van der Waals surface area contributed by atoms with E-state index in [0.717, 1.165) is 22.0 Å². The summed E-state index contributed by atoms with van der Waals surface area (Å²) >= 11 is 0. The zero-order chi connectivity index (χ0) is 9.30. The zero-order valence-corrected chi connectivity index (χ0v) is 8.09. The smallest absolute Gasteiger partial charge is 0.0686 e. The van der Waals surface area contributed by atoms with Crippen LogP contribution in [0.15, 0.2) is 23.0 Å². The Morgan fingerprint density at radius 2 is 2.00 bits per heavy atom. The summed E-state index contributed by atoms with van der Waals surface area (Å²) in [4.78, 5) is 2.03. The molecular formula is C9H15N2O. The molecule has 0 aromatic rings. The van der Waals surface area contributed by atoms with E-state index in [2.05, 4.69) is 0 Å². The minimum Gasteiger partial charge on any atom is -0.378 e. The quantitative estimate of drug-likeness (QED) is 0.590. The second kappa shape index (κ2) is 3.19. The van der Waals surface area contributed by atoms with Crippen LogP contribution in [0.3, 0.4) is 0 Å². The first-order valence-corrected chi connectivity index (χ1v) is 4.04. The lowest BCUT2D eigenvalue weighted by atomic mass is 10.1. The molecular weight excluding hydrogens is 152 g/mol. The second-order valence-electron chi connectivity index (χ2n) is 3.26. The van der Waals surface area contributed by atoms with Gasteiger partial charge in [-0.25, -0.2) is 5.06 Å². The van der Waals surface area contributed by atoms with Gasteiger partial charge in [-0.2, -0.15) is 0 Å². The van der Waals surface area contributed by atoms with Crippen molar-refractivity contribution in [2.75, 3.05) is 20.6 Å². The lowest BCUT2D eigenvalue weighted by Gasteiger charge is -2.27. The largest absolute Gasteiger partial charge is 0.378 e. The number of hydrogen-bond acceptors (Lipinski definition) is 2. The van der Waals surface area contributed by atoms with Crippen molar-refractivity contribution in [1.82, 2.24) is 9.96 Å². The number of likely N-dealkylation sites (N-methyl/N-ethyl adjacent to an activating group) is 1. The normalized spacial score (nSPS) is 18.1. The SMILES string of the molecule is CC1=C(C)N([O])CC=C1N(C)C. The average molecular weight is 167 g/mol. The molecule has 0 amide bonds. The minimum atomic E-state index is 0.469. The van der Waals surface area contributed by atoms with Crippen molar-refractivity contribution >= 4 is 0 Å². The standard InChI is InChI=1S/C9H15N2O/c1-7-8(2)11(12)6-5-9(7)10(3)4/h5H,6H2,1-4H3. The molecule has 1 aliphatic heterocycles. The van der Waals surface area contributed by atoms with Crippen molar-refractivity contribution in [3.05, 3.63) is 23.0 Å². The summed E-state index contributed by atoms with van der Waals surface area (Å²) in [5.41, 5.74) is 3.04. The lowest BCUT2D eigenvalue weighted by Crippen LogP contribution is -2.25. The summed E-state index contributed by atoms with van der Waals surface area (Å²) in [7, 11) is 3.98. The van der Waals surface area contributed by atoms with E-state index in [1.165, 1.54) is 0 Å². The molecule has 0 bridgehead atoms. The molecule has 3 nitrogen and oxygen atoms in total. The molecule has 1 aliphatic rings. The highest BCUT2D eigenvalue weighted by atomic mass is 16.5. The molecule has 3 heteroatoms. The van der Waals surface area contributed by atoms with Gasteiger partial charge in [-0.05, 0) is 25.5 Å². The maximum absolute atomic E-state index is 11.2. The van der Waals surface area contributed by atoms with Gasteiger partial charge in [-0.15, -0.1) is 0 Å². The fourth-order valence-electron chi connectivity index (χ4n) is 1.35. The molecule has 0 spiro atoms. The lowest BCUT2D eigenvalue weighted by molar-refractivity contribution is -0.118. The van der Waals surface area contributed by atoms with Gasteiger partial charge in [0, 0.05) is 25.5 Å². The Balaban J connectivity index is 2.95. The van der Waals surface area contributed by atoms with Crippen LogP contribution in [0.4, 0.5) is 0 Å². The minimum absolute atomic E-state index is 0.469. The van der Waals surface area contributed by atoms with Crippen LogP contribution in [0.5, 0.6) is 0 Å². The first kappa shape index (κ1) is 9.13. The maximum atomic E-state index is 11.2. The Hall–Kier alpha value is -0.960. The highest BCUT2D eigenvalue weighted by molar-refractivity contribution is 5.33. The van der Waals surface area contributed by atoms with E-state index in [9.17, 15) is 5.21 Å². The van der Waals surface area contributed by atoms with Crippen molar-refractivity contribution in [1.29, 1.82) is 0 Å². The van der Waals surface area contributed by atoms with Gasteiger partial charge in [0.2, 0.25) is 0 Å². The molecule has 0 atom stereocenters. The summed E-state index contributed by atoms with van der Waals surface area (Å²) in [5.74, 6) is 0. The predicted octanol–water partition coefficient (Wildman–Crippen LogP) is 1.39. The highest BCUT2D eigenvalue weighted by Gasteiger charge is 2.15. The third-order valence-electron chi connectivity index (χ3n) is 2.23. The van der Waals surface area contributed by atoms with Gasteiger partial charge in [0.05, 0.1) is 6.54 Å². The number of hydroxylamine groups is 2. The van der Waals surface area contributed by atoms with Gasteiger partial charge in [-0.3, -0.25) is 0 Å². The fourth-order valence-corrected chi connectivity index (χ4v) is 1.35. The second-order valence-corrected chi connectivity index (χ2v) is 3.26. The van der Waals surface area contributed by atoms with Gasteiger partial charge in [0.15, 0.2) is 0 Å². The summed E-state index contributed by atoms with van der Waals surface area (Å²) in [5, 5.41) is 12.2. The molecule has 0 saturated carbocycles. The van der Waals surface area contributed by atoms with Gasteiger partial charge in [0.1, 0.15) is 0 Å². The third-order valence-corrected chi connectivity index (χ3v) is 2.23. The van der Waals surface area contributed by atoms with Crippen LogP contribution in [-0.4, -0.2) is 30.6 Å². The Kier molecular flexibility index (Phi) is 2.43. The molecule has 1 radical (unpaired) electrons. The van der Waals surface area contributed by atoms with Crippen LogP contribution < -0.4 is 0 Å². The van der Waals surface area contributed by atoms with E-state index in [1.54, 1.807) is 0 Å². The highest BCUT2D eigenvalue weighted by Crippen LogP contribution is 2.22. The van der Waals surface area contributed by atoms with Gasteiger partial charge in [0.25, 0.3) is 0 Å². The van der Waals surface area contributed by atoms with E-state index in [-0.39, 0.29) is 0 Å². The van der Waals surface area contributed by atoms with Gasteiger partial charge >= 0.3 is 0 Å². The van der Waals surface area contributed by atoms with Crippen molar-refractivity contribution in [2.24, 2.45) is 0 Å². The maximum Gasteiger partial charge on any atom is 0.0686 e. The third kappa shape index (κ3) is 1.46. The Bertz CT molecular complexity index is 241. The van der Waals surface area contributed by atoms with Crippen LogP contribution in [0.1, 0.15) is 13.8 Å². The van der Waals surface area contributed by atoms with Gasteiger partial charge < -0.3 is 4.90 Å². The van der Waals surface area contributed by atoms with E-state index in [0.29, 0.717) is 6.54 Å². The molecule has 0 unspecified atom stereocenters. The monoisotopic (exact) mass is 167 g/mol. The van der Waals surface area contributed by atoms with Crippen molar-refractivity contribution in [3.8, 4) is 0 Å². The Labute approximate surface area is 73.5 Å². The van der Waals surface area contributed by atoms with E-state index >= 15 is 0 Å². The van der Waals surface area contributed by atoms with E-state index in [1.807, 2.05) is 38.9 Å². The van der Waals surface area contributed by atoms with Gasteiger partial charge in [-0.1, -0.05) is 5.21 Å². The van der Waals surface area contributed by atoms with Crippen LogP contribution in [-0.2, 0) is 5.21 Å². The topological polar surface area (TPSA) is 26.4 Å². The van der Waals surface area contributed by atoms with E-state index < -0.39 is 0 Å². The predicted molar refractivity (Wildman–Crippen MR) is 47.5 cm³/mol. The molecule has 67 valence electrons. The molecule has 0 aliphatic carbocycles. The Morgan fingerprint density at radius 1 is 1.42 bits per heavy atom. The van der Waals surface area contributed by atoms with Crippen molar-refractivity contribution in [2.45, 2.75) is 13.8 Å².